The third-order valence-corrected chi connectivity index (χ3v) is 3.05. The zero-order valence-corrected chi connectivity index (χ0v) is 8.21. The fraction of sp³-hybridized carbons (Fsp3) is 0.300. The summed E-state index contributed by atoms with van der Waals surface area (Å²) in [5.41, 5.74) is 6.12. The summed E-state index contributed by atoms with van der Waals surface area (Å²) in [5, 5.41) is 9.51. The number of aliphatic carboxylic acids is 1. The van der Waals surface area contributed by atoms with Crippen molar-refractivity contribution in [1.29, 1.82) is 0 Å². The van der Waals surface area contributed by atoms with Crippen LogP contribution in [0.5, 0.6) is 0 Å². The summed E-state index contributed by atoms with van der Waals surface area (Å²) in [6.07, 6.45) is 1.37. The third-order valence-electron chi connectivity index (χ3n) is 2.71. The zero-order chi connectivity index (χ0) is 10.3. The molecular weight excluding hydrogens is 202 g/mol. The van der Waals surface area contributed by atoms with E-state index in [9.17, 15) is 4.79 Å². The number of hydrogen-bond donors (Lipinski definition) is 2. The normalized spacial score (nSPS) is 17.8. The van der Waals surface area contributed by atoms with Crippen molar-refractivity contribution in [2.45, 2.75) is 18.3 Å². The van der Waals surface area contributed by atoms with Crippen LogP contribution in [0.1, 0.15) is 18.4 Å². The van der Waals surface area contributed by atoms with Gasteiger partial charge in [0.15, 0.2) is 0 Å². The maximum Gasteiger partial charge on any atom is 0.314 e. The first kappa shape index (κ1) is 9.34. The van der Waals surface area contributed by atoms with Gasteiger partial charge in [0.2, 0.25) is 0 Å². The molecule has 0 amide bonds. The lowest BCUT2D eigenvalue weighted by atomic mass is 9.96. The van der Waals surface area contributed by atoms with Crippen LogP contribution in [0.25, 0.3) is 0 Å². The highest BCUT2D eigenvalue weighted by atomic mass is 35.5. The second kappa shape index (κ2) is 2.89. The summed E-state index contributed by atoms with van der Waals surface area (Å²) in [7, 11) is 0. The number of carbonyl (C=O) groups is 1. The molecule has 0 heterocycles. The smallest absolute Gasteiger partial charge is 0.314 e. The average molecular weight is 212 g/mol. The lowest BCUT2D eigenvalue weighted by Crippen LogP contribution is -2.19. The molecule has 0 radical (unpaired) electrons. The van der Waals surface area contributed by atoms with Crippen LogP contribution in [0.2, 0.25) is 5.02 Å². The molecule has 1 aromatic carbocycles. The van der Waals surface area contributed by atoms with Crippen LogP contribution in [0, 0.1) is 0 Å². The van der Waals surface area contributed by atoms with Gasteiger partial charge in [-0.3, -0.25) is 4.79 Å². The molecule has 0 saturated heterocycles. The molecule has 0 aromatic heterocycles. The third kappa shape index (κ3) is 1.24. The van der Waals surface area contributed by atoms with Crippen molar-refractivity contribution in [3.8, 4) is 0 Å². The fourth-order valence-corrected chi connectivity index (χ4v) is 1.71. The van der Waals surface area contributed by atoms with E-state index in [0.717, 1.165) is 5.56 Å². The van der Waals surface area contributed by atoms with Crippen molar-refractivity contribution in [3.63, 3.8) is 0 Å². The van der Waals surface area contributed by atoms with E-state index in [1.54, 1.807) is 18.2 Å². The van der Waals surface area contributed by atoms with E-state index in [0.29, 0.717) is 23.6 Å². The van der Waals surface area contributed by atoms with E-state index in [1.807, 2.05) is 0 Å². The second-order valence-corrected chi connectivity index (χ2v) is 4.03. The first-order valence-corrected chi connectivity index (χ1v) is 4.73. The molecule has 3 nitrogen and oxygen atoms in total. The summed E-state index contributed by atoms with van der Waals surface area (Å²) in [4.78, 5) is 11.0. The standard InChI is InChI=1S/C10H10ClNO2/c11-7-2-1-6(5-8(7)12)10(3-4-10)9(13)14/h1-2,5H,3-4,12H2,(H,13,14). The highest BCUT2D eigenvalue weighted by Gasteiger charge is 2.51. The van der Waals surface area contributed by atoms with Crippen LogP contribution in [-0.4, -0.2) is 11.1 Å². The number of benzene rings is 1. The SMILES string of the molecule is Nc1cc(C2(C(=O)O)CC2)ccc1Cl. The first-order valence-electron chi connectivity index (χ1n) is 4.35. The highest BCUT2D eigenvalue weighted by Crippen LogP contribution is 2.49. The number of hydrogen-bond acceptors (Lipinski definition) is 2. The predicted octanol–water partition coefficient (Wildman–Crippen LogP) is 2.04. The Bertz CT molecular complexity index is 399. The Morgan fingerprint density at radius 1 is 1.50 bits per heavy atom. The number of carboxylic acids is 1. The van der Waals surface area contributed by atoms with Crippen LogP contribution in [0.3, 0.4) is 0 Å². The highest BCUT2D eigenvalue weighted by molar-refractivity contribution is 6.33. The van der Waals surface area contributed by atoms with Gasteiger partial charge in [0.1, 0.15) is 0 Å². The number of rotatable bonds is 2. The summed E-state index contributed by atoms with van der Waals surface area (Å²) in [6, 6.07) is 5.04. The quantitative estimate of drug-likeness (QED) is 0.736. The van der Waals surface area contributed by atoms with Gasteiger partial charge in [-0.05, 0) is 30.5 Å². The molecule has 0 spiro atoms. The number of nitrogens with two attached hydrogens (primary N) is 1. The minimum absolute atomic E-state index is 0.441. The maximum atomic E-state index is 11.0. The summed E-state index contributed by atoms with van der Waals surface area (Å²) in [6.45, 7) is 0. The molecule has 0 bridgehead atoms. The van der Waals surface area contributed by atoms with E-state index in [-0.39, 0.29) is 0 Å². The minimum atomic E-state index is -0.778. The van der Waals surface area contributed by atoms with E-state index < -0.39 is 11.4 Å². The molecule has 2 rings (SSSR count). The molecule has 0 aliphatic heterocycles. The van der Waals surface area contributed by atoms with Gasteiger partial charge < -0.3 is 10.8 Å². The lowest BCUT2D eigenvalue weighted by Gasteiger charge is -2.11. The largest absolute Gasteiger partial charge is 0.481 e. The molecule has 4 heteroatoms. The molecule has 1 fully saturated rings. The molecule has 1 aromatic rings. The van der Waals surface area contributed by atoms with Crippen molar-refractivity contribution in [2.75, 3.05) is 5.73 Å². The molecule has 1 aliphatic rings. The van der Waals surface area contributed by atoms with Gasteiger partial charge in [-0.1, -0.05) is 17.7 Å². The Morgan fingerprint density at radius 2 is 2.14 bits per heavy atom. The molecule has 0 atom stereocenters. The van der Waals surface area contributed by atoms with Crippen LogP contribution < -0.4 is 5.73 Å². The van der Waals surface area contributed by atoms with E-state index >= 15 is 0 Å². The van der Waals surface area contributed by atoms with Gasteiger partial charge >= 0.3 is 5.97 Å². The van der Waals surface area contributed by atoms with E-state index in [2.05, 4.69) is 0 Å². The summed E-state index contributed by atoms with van der Waals surface area (Å²) in [5.74, 6) is -0.778. The van der Waals surface area contributed by atoms with Crippen molar-refractivity contribution in [3.05, 3.63) is 28.8 Å². The maximum absolute atomic E-state index is 11.0. The van der Waals surface area contributed by atoms with Gasteiger partial charge in [-0.25, -0.2) is 0 Å². The molecule has 14 heavy (non-hydrogen) atoms. The van der Waals surface area contributed by atoms with E-state index in [1.165, 1.54) is 0 Å². The molecule has 1 aliphatic carbocycles. The summed E-state index contributed by atoms with van der Waals surface area (Å²) >= 11 is 5.76. The monoisotopic (exact) mass is 211 g/mol. The molecule has 1 saturated carbocycles. The average Bonchev–Trinajstić information content (AvgIpc) is 2.90. The molecule has 3 N–H and O–H groups in total. The number of halogens is 1. The van der Waals surface area contributed by atoms with Crippen LogP contribution in [0.15, 0.2) is 18.2 Å². The van der Waals surface area contributed by atoms with Crippen molar-refractivity contribution < 1.29 is 9.90 Å². The van der Waals surface area contributed by atoms with Crippen molar-refractivity contribution in [1.82, 2.24) is 0 Å². The van der Waals surface area contributed by atoms with Crippen LogP contribution >= 0.6 is 11.6 Å². The zero-order valence-electron chi connectivity index (χ0n) is 7.46. The van der Waals surface area contributed by atoms with Gasteiger partial charge in [0, 0.05) is 0 Å². The van der Waals surface area contributed by atoms with Crippen molar-refractivity contribution in [2.24, 2.45) is 0 Å². The predicted molar refractivity (Wildman–Crippen MR) is 54.4 cm³/mol. The Hall–Kier alpha value is -1.22. The minimum Gasteiger partial charge on any atom is -0.481 e. The van der Waals surface area contributed by atoms with Gasteiger partial charge in [0.05, 0.1) is 16.1 Å². The van der Waals surface area contributed by atoms with E-state index in [4.69, 9.17) is 22.4 Å². The molecule has 74 valence electrons. The fourth-order valence-electron chi connectivity index (χ4n) is 1.59. The van der Waals surface area contributed by atoms with Gasteiger partial charge in [0.25, 0.3) is 0 Å². The molecular formula is C10H10ClNO2. The van der Waals surface area contributed by atoms with Gasteiger partial charge in [-0.15, -0.1) is 0 Å². The summed E-state index contributed by atoms with van der Waals surface area (Å²) < 4.78 is 0. The first-order chi connectivity index (χ1) is 6.56. The van der Waals surface area contributed by atoms with Crippen LogP contribution in [-0.2, 0) is 10.2 Å². The Kier molecular flexibility index (Phi) is 1.93. The number of carboxylic acid groups (broad SMARTS) is 1. The lowest BCUT2D eigenvalue weighted by molar-refractivity contribution is -0.140. The Balaban J connectivity index is 2.43. The number of nitrogen functional groups attached to an aromatic ring is 1. The Labute approximate surface area is 86.5 Å². The topological polar surface area (TPSA) is 63.3 Å². The second-order valence-electron chi connectivity index (χ2n) is 3.62. The molecule has 0 unspecified atom stereocenters. The van der Waals surface area contributed by atoms with Crippen LogP contribution in [0.4, 0.5) is 5.69 Å². The van der Waals surface area contributed by atoms with Gasteiger partial charge in [-0.2, -0.15) is 0 Å². The van der Waals surface area contributed by atoms with Crippen molar-refractivity contribution >= 4 is 23.3 Å². The Morgan fingerprint density at radius 3 is 2.57 bits per heavy atom. The number of anilines is 1.